The first kappa shape index (κ1) is 27.9. The van der Waals surface area contributed by atoms with Crippen LogP contribution in [0.3, 0.4) is 0 Å². The quantitative estimate of drug-likeness (QED) is 0.181. The molecule has 9 rings (SSSR count). The zero-order valence-corrected chi connectivity index (χ0v) is 26.4. The van der Waals surface area contributed by atoms with Crippen LogP contribution in [0.4, 0.5) is 17.1 Å². The van der Waals surface area contributed by atoms with E-state index in [1.165, 1.54) is 54.8 Å². The first-order chi connectivity index (χ1) is 23.8. The second-order valence-corrected chi connectivity index (χ2v) is 12.2. The average Bonchev–Trinajstić information content (AvgIpc) is 3.50. The zero-order valence-electron chi connectivity index (χ0n) is 26.4. The summed E-state index contributed by atoms with van der Waals surface area (Å²) in [5, 5.41) is 5.06. The van der Waals surface area contributed by atoms with Crippen LogP contribution in [0.2, 0.25) is 0 Å². The maximum atomic E-state index is 2.36. The smallest absolute Gasteiger partial charge is 0.0541 e. The van der Waals surface area contributed by atoms with Crippen LogP contribution in [0.5, 0.6) is 0 Å². The number of nitrogens with zero attached hydrogens (tertiary/aromatic N) is 2. The highest BCUT2D eigenvalue weighted by Gasteiger charge is 2.15. The van der Waals surface area contributed by atoms with Crippen molar-refractivity contribution in [2.75, 3.05) is 4.90 Å². The van der Waals surface area contributed by atoms with E-state index in [4.69, 9.17) is 0 Å². The third-order valence-corrected chi connectivity index (χ3v) is 9.37. The number of fused-ring (bicyclic) bond motifs is 4. The highest BCUT2D eigenvalue weighted by atomic mass is 15.1. The Bertz CT molecular complexity index is 2490. The molecule has 1 aromatic heterocycles. The second kappa shape index (κ2) is 11.8. The van der Waals surface area contributed by atoms with Crippen molar-refractivity contribution in [3.8, 4) is 27.9 Å². The Balaban J connectivity index is 1.06. The van der Waals surface area contributed by atoms with Gasteiger partial charge in [-0.3, -0.25) is 0 Å². The van der Waals surface area contributed by atoms with Crippen LogP contribution in [0, 0.1) is 0 Å². The van der Waals surface area contributed by atoms with Crippen LogP contribution in [0.1, 0.15) is 0 Å². The number of anilines is 3. The van der Waals surface area contributed by atoms with Crippen molar-refractivity contribution < 1.29 is 0 Å². The number of benzene rings is 8. The predicted octanol–water partition coefficient (Wildman–Crippen LogP) is 12.7. The van der Waals surface area contributed by atoms with Crippen LogP contribution in [0.15, 0.2) is 194 Å². The van der Waals surface area contributed by atoms with Gasteiger partial charge in [-0.25, -0.2) is 0 Å². The van der Waals surface area contributed by atoms with E-state index in [2.05, 4.69) is 204 Å². The molecule has 0 spiro atoms. The summed E-state index contributed by atoms with van der Waals surface area (Å²) in [5.74, 6) is 0. The lowest BCUT2D eigenvalue weighted by Crippen LogP contribution is -2.09. The summed E-state index contributed by atoms with van der Waals surface area (Å²) in [6, 6.07) is 69.8. The summed E-state index contributed by atoms with van der Waals surface area (Å²) in [6.45, 7) is 0. The Hall–Kier alpha value is -6.38. The van der Waals surface area contributed by atoms with Crippen molar-refractivity contribution in [2.45, 2.75) is 0 Å². The summed E-state index contributed by atoms with van der Waals surface area (Å²) in [4.78, 5) is 2.33. The Kier molecular flexibility index (Phi) is 6.84. The fraction of sp³-hybridized carbons (Fsp3) is 0. The lowest BCUT2D eigenvalue weighted by atomic mass is 10.0. The van der Waals surface area contributed by atoms with Crippen LogP contribution in [-0.4, -0.2) is 4.57 Å². The SMILES string of the molecule is c1ccc(N(c2ccc(-c3ccc(-n4c5ccccc5c5ccccc54)cc3)cc2)c2cccc(-c3ccc4ccccc4c3)c2)cc1. The zero-order chi connectivity index (χ0) is 31.9. The third-order valence-electron chi connectivity index (χ3n) is 9.37. The van der Waals surface area contributed by atoms with E-state index < -0.39 is 0 Å². The largest absolute Gasteiger partial charge is 0.310 e. The molecule has 0 amide bonds. The fourth-order valence-electron chi connectivity index (χ4n) is 7.02. The summed E-state index contributed by atoms with van der Waals surface area (Å²) in [5.41, 5.74) is 11.7. The highest BCUT2D eigenvalue weighted by Crippen LogP contribution is 2.38. The van der Waals surface area contributed by atoms with Gasteiger partial charge in [0.15, 0.2) is 0 Å². The Morgan fingerprint density at radius 2 is 0.833 bits per heavy atom. The van der Waals surface area contributed by atoms with Crippen molar-refractivity contribution >= 4 is 49.6 Å². The van der Waals surface area contributed by atoms with Gasteiger partial charge in [0.25, 0.3) is 0 Å². The molecule has 8 aromatic carbocycles. The van der Waals surface area contributed by atoms with E-state index in [1.54, 1.807) is 0 Å². The van der Waals surface area contributed by atoms with Crippen LogP contribution in [0.25, 0.3) is 60.5 Å². The lowest BCUT2D eigenvalue weighted by Gasteiger charge is -2.26. The first-order valence-electron chi connectivity index (χ1n) is 16.4. The second-order valence-electron chi connectivity index (χ2n) is 12.2. The van der Waals surface area contributed by atoms with E-state index in [0.717, 1.165) is 22.7 Å². The summed E-state index contributed by atoms with van der Waals surface area (Å²) in [6.07, 6.45) is 0. The average molecular weight is 613 g/mol. The van der Waals surface area contributed by atoms with Crippen LogP contribution < -0.4 is 4.90 Å². The highest BCUT2D eigenvalue weighted by molar-refractivity contribution is 6.09. The maximum Gasteiger partial charge on any atom is 0.0541 e. The van der Waals surface area contributed by atoms with E-state index in [-0.39, 0.29) is 0 Å². The number of hydrogen-bond donors (Lipinski definition) is 0. The van der Waals surface area contributed by atoms with Crippen molar-refractivity contribution in [1.29, 1.82) is 0 Å². The summed E-state index contributed by atoms with van der Waals surface area (Å²) >= 11 is 0. The molecule has 0 bridgehead atoms. The molecule has 0 unspecified atom stereocenters. The van der Waals surface area contributed by atoms with Crippen molar-refractivity contribution in [3.63, 3.8) is 0 Å². The monoisotopic (exact) mass is 612 g/mol. The molecule has 0 aliphatic heterocycles. The molecule has 0 saturated carbocycles. The maximum absolute atomic E-state index is 2.36. The topological polar surface area (TPSA) is 8.17 Å². The van der Waals surface area contributed by atoms with Crippen LogP contribution >= 0.6 is 0 Å². The molecular formula is C46H32N2. The van der Waals surface area contributed by atoms with E-state index >= 15 is 0 Å². The predicted molar refractivity (Wildman–Crippen MR) is 204 cm³/mol. The molecule has 0 atom stereocenters. The first-order valence-corrected chi connectivity index (χ1v) is 16.4. The normalized spacial score (nSPS) is 11.3. The molecule has 0 aliphatic rings. The minimum Gasteiger partial charge on any atom is -0.310 e. The van der Waals surface area contributed by atoms with Crippen molar-refractivity contribution in [2.24, 2.45) is 0 Å². The van der Waals surface area contributed by atoms with Crippen molar-refractivity contribution in [3.05, 3.63) is 194 Å². The molecule has 0 fully saturated rings. The van der Waals surface area contributed by atoms with Gasteiger partial charge in [0.2, 0.25) is 0 Å². The van der Waals surface area contributed by atoms with Gasteiger partial charge in [-0.1, -0.05) is 127 Å². The summed E-state index contributed by atoms with van der Waals surface area (Å²) < 4.78 is 2.36. The molecule has 0 N–H and O–H groups in total. The van der Waals surface area contributed by atoms with E-state index in [1.807, 2.05) is 0 Å². The third kappa shape index (κ3) is 4.92. The lowest BCUT2D eigenvalue weighted by molar-refractivity contribution is 1.18. The van der Waals surface area contributed by atoms with Gasteiger partial charge in [-0.2, -0.15) is 0 Å². The van der Waals surface area contributed by atoms with Gasteiger partial charge in [-0.05, 0) is 99.8 Å². The Labute approximate surface area is 280 Å². The molecular weight excluding hydrogens is 581 g/mol. The molecule has 226 valence electrons. The molecule has 1 heterocycles. The minimum atomic E-state index is 1.11. The standard InChI is InChI=1S/C46H32N2/c1-2-14-39(15-3-1)47(42-16-10-13-37(32-42)38-22-21-33-11-4-5-12-36(33)31-38)40-27-23-34(24-28-40)35-25-29-41(30-26-35)48-45-19-8-6-17-43(45)44-18-7-9-20-46(44)48/h1-32H. The Morgan fingerprint density at radius 3 is 1.54 bits per heavy atom. The fourth-order valence-corrected chi connectivity index (χ4v) is 7.02. The number of hydrogen-bond acceptors (Lipinski definition) is 1. The van der Waals surface area contributed by atoms with Gasteiger partial charge in [-0.15, -0.1) is 0 Å². The van der Waals surface area contributed by atoms with Gasteiger partial charge >= 0.3 is 0 Å². The van der Waals surface area contributed by atoms with Gasteiger partial charge in [0, 0.05) is 33.5 Å². The number of rotatable bonds is 6. The molecule has 0 saturated heterocycles. The van der Waals surface area contributed by atoms with Gasteiger partial charge in [0.1, 0.15) is 0 Å². The van der Waals surface area contributed by atoms with Crippen molar-refractivity contribution in [1.82, 2.24) is 4.57 Å². The van der Waals surface area contributed by atoms with E-state index in [0.29, 0.717) is 0 Å². The summed E-state index contributed by atoms with van der Waals surface area (Å²) in [7, 11) is 0. The number of aromatic nitrogens is 1. The van der Waals surface area contributed by atoms with Crippen LogP contribution in [-0.2, 0) is 0 Å². The Morgan fingerprint density at radius 1 is 0.312 bits per heavy atom. The van der Waals surface area contributed by atoms with E-state index in [9.17, 15) is 0 Å². The molecule has 2 heteroatoms. The molecule has 2 nitrogen and oxygen atoms in total. The molecule has 48 heavy (non-hydrogen) atoms. The minimum absolute atomic E-state index is 1.11. The molecule has 9 aromatic rings. The number of para-hydroxylation sites is 3. The molecule has 0 radical (unpaired) electrons. The van der Waals surface area contributed by atoms with Gasteiger partial charge < -0.3 is 9.47 Å². The molecule has 0 aliphatic carbocycles. The van der Waals surface area contributed by atoms with Gasteiger partial charge in [0.05, 0.1) is 11.0 Å².